The summed E-state index contributed by atoms with van der Waals surface area (Å²) in [5, 5.41) is 14.6. The van der Waals surface area contributed by atoms with Crippen molar-refractivity contribution in [3.05, 3.63) is 17.6 Å². The van der Waals surface area contributed by atoms with Crippen molar-refractivity contribution < 1.29 is 0 Å². The van der Waals surface area contributed by atoms with Crippen molar-refractivity contribution in [2.75, 3.05) is 46.1 Å². The van der Waals surface area contributed by atoms with Crippen molar-refractivity contribution in [3.8, 4) is 0 Å². The smallest absolute Gasteiger partial charge is 0.146 e. The summed E-state index contributed by atoms with van der Waals surface area (Å²) in [5.74, 6) is 1.23. The van der Waals surface area contributed by atoms with Gasteiger partial charge in [0.05, 0.1) is 6.54 Å². The molecule has 0 aliphatic heterocycles. The van der Waals surface area contributed by atoms with Crippen LogP contribution in [0.25, 0.3) is 0 Å². The first-order valence-corrected chi connectivity index (χ1v) is 10.6. The minimum Gasteiger partial charge on any atom is -0.366 e. The first kappa shape index (κ1) is 24.1. The van der Waals surface area contributed by atoms with Crippen molar-refractivity contribution in [3.63, 3.8) is 0 Å². The van der Waals surface area contributed by atoms with Crippen LogP contribution in [0.2, 0.25) is 0 Å². The molecule has 0 aliphatic rings. The van der Waals surface area contributed by atoms with Gasteiger partial charge in [-0.15, -0.1) is 0 Å². The van der Waals surface area contributed by atoms with Gasteiger partial charge in [-0.1, -0.05) is 20.8 Å². The molecule has 0 saturated heterocycles. The Labute approximate surface area is 171 Å². The lowest BCUT2D eigenvalue weighted by atomic mass is 10.1. The van der Waals surface area contributed by atoms with Gasteiger partial charge in [0.15, 0.2) is 0 Å². The van der Waals surface area contributed by atoms with Crippen LogP contribution in [0.5, 0.6) is 0 Å². The van der Waals surface area contributed by atoms with E-state index >= 15 is 0 Å². The van der Waals surface area contributed by atoms with Gasteiger partial charge < -0.3 is 15.2 Å². The average Bonchev–Trinajstić information content (AvgIpc) is 2.68. The average molecular weight is 392 g/mol. The number of hydrogen-bond acceptors (Lipinski definition) is 6. The Morgan fingerprint density at radius 1 is 1.21 bits per heavy atom. The fraction of sp³-hybridized carbons (Fsp3) is 0.762. The van der Waals surface area contributed by atoms with Crippen LogP contribution >= 0.6 is 0 Å². The second-order valence-corrected chi connectivity index (χ2v) is 7.48. The van der Waals surface area contributed by atoms with E-state index in [9.17, 15) is 0 Å². The maximum absolute atomic E-state index is 4.80. The second-order valence-electron chi connectivity index (χ2n) is 7.48. The molecule has 28 heavy (non-hydrogen) atoms. The van der Waals surface area contributed by atoms with Gasteiger partial charge in [0.1, 0.15) is 11.3 Å². The molecule has 2 unspecified atom stereocenters. The number of hydrazone groups is 1. The van der Waals surface area contributed by atoms with Gasteiger partial charge in [-0.05, 0) is 58.0 Å². The lowest BCUT2D eigenvalue weighted by Gasteiger charge is -2.20. The van der Waals surface area contributed by atoms with Crippen LogP contribution in [0.3, 0.4) is 0 Å². The van der Waals surface area contributed by atoms with Crippen LogP contribution in [-0.2, 0) is 6.54 Å². The Kier molecular flexibility index (Phi) is 11.5. The number of hydrogen-bond donors (Lipinski definition) is 1. The highest BCUT2D eigenvalue weighted by Gasteiger charge is 2.09. The third-order valence-corrected chi connectivity index (χ3v) is 4.95. The molecule has 1 aromatic heterocycles. The molecule has 7 nitrogen and oxygen atoms in total. The molecule has 0 radical (unpaired) electrons. The number of aromatic nitrogens is 2. The first-order valence-electron chi connectivity index (χ1n) is 10.6. The molecule has 0 spiro atoms. The molecule has 0 bridgehead atoms. The van der Waals surface area contributed by atoms with Gasteiger partial charge in [-0.3, -0.25) is 4.99 Å². The highest BCUT2D eigenvalue weighted by Crippen LogP contribution is 2.08. The highest BCUT2D eigenvalue weighted by atomic mass is 15.4. The van der Waals surface area contributed by atoms with Gasteiger partial charge in [0.25, 0.3) is 0 Å². The van der Waals surface area contributed by atoms with Crippen LogP contribution in [-0.4, -0.2) is 72.7 Å². The van der Waals surface area contributed by atoms with E-state index in [4.69, 9.17) is 5.10 Å². The van der Waals surface area contributed by atoms with Crippen LogP contribution in [0.4, 0.5) is 5.82 Å². The normalized spacial score (nSPS) is 14.6. The fourth-order valence-electron chi connectivity index (χ4n) is 3.07. The molecule has 0 aliphatic carbocycles. The van der Waals surface area contributed by atoms with E-state index in [1.807, 2.05) is 49.2 Å². The minimum atomic E-state index is 0.321. The predicted molar refractivity (Wildman–Crippen MR) is 120 cm³/mol. The van der Waals surface area contributed by atoms with Crippen LogP contribution in [0, 0.1) is 5.92 Å². The number of anilines is 1. The van der Waals surface area contributed by atoms with Gasteiger partial charge >= 0.3 is 0 Å². The molecule has 1 heterocycles. The van der Waals surface area contributed by atoms with Crippen LogP contribution < -0.4 is 10.8 Å². The summed E-state index contributed by atoms with van der Waals surface area (Å²) in [7, 11) is 5.69. The lowest BCUT2D eigenvalue weighted by Crippen LogP contribution is -2.29. The van der Waals surface area contributed by atoms with E-state index in [1.54, 1.807) is 0 Å². The molecule has 0 fully saturated rings. The second kappa shape index (κ2) is 13.3. The number of rotatable bonds is 13. The summed E-state index contributed by atoms with van der Waals surface area (Å²) in [4.78, 5) is 6.84. The molecule has 1 aromatic rings. The lowest BCUT2D eigenvalue weighted by molar-refractivity contribution is 0.295. The van der Waals surface area contributed by atoms with E-state index in [0.29, 0.717) is 12.0 Å². The van der Waals surface area contributed by atoms with Gasteiger partial charge in [-0.25, -0.2) is 4.68 Å². The molecule has 2 atom stereocenters. The summed E-state index contributed by atoms with van der Waals surface area (Å²) in [6, 6.07) is 4.45. The summed E-state index contributed by atoms with van der Waals surface area (Å²) in [6.45, 7) is 13.0. The Hall–Kier alpha value is -1.89. The zero-order valence-corrected chi connectivity index (χ0v) is 19.0. The maximum Gasteiger partial charge on any atom is 0.146 e. The third kappa shape index (κ3) is 8.87. The Bertz CT molecular complexity index is 632. The summed E-state index contributed by atoms with van der Waals surface area (Å²) in [5.41, 5.74) is 0.886. The minimum absolute atomic E-state index is 0.321. The molecule has 0 saturated carbocycles. The van der Waals surface area contributed by atoms with E-state index in [0.717, 1.165) is 50.3 Å². The highest BCUT2D eigenvalue weighted by molar-refractivity contribution is 5.60. The molecule has 1 rings (SSSR count). The van der Waals surface area contributed by atoms with Crippen molar-refractivity contribution in [1.82, 2.24) is 19.7 Å². The zero-order valence-electron chi connectivity index (χ0n) is 19.0. The topological polar surface area (TPSA) is 61.1 Å². The summed E-state index contributed by atoms with van der Waals surface area (Å²) >= 11 is 0. The van der Waals surface area contributed by atoms with Crippen molar-refractivity contribution in [1.29, 1.82) is 0 Å². The summed E-state index contributed by atoms with van der Waals surface area (Å²) in [6.07, 6.45) is 5.33. The van der Waals surface area contributed by atoms with Gasteiger partial charge in [-0.2, -0.15) is 10.2 Å². The van der Waals surface area contributed by atoms with Crippen LogP contribution in [0.1, 0.15) is 47.0 Å². The molecule has 1 N–H and O–H groups in total. The Morgan fingerprint density at radius 2 is 1.93 bits per heavy atom. The van der Waals surface area contributed by atoms with E-state index in [2.05, 4.69) is 48.0 Å². The quantitative estimate of drug-likeness (QED) is 0.415. The van der Waals surface area contributed by atoms with Gasteiger partial charge in [0.2, 0.25) is 0 Å². The van der Waals surface area contributed by atoms with E-state index in [1.165, 1.54) is 6.42 Å². The molecular weight excluding hydrogens is 350 g/mol. The number of nitrogens with zero attached hydrogens (tertiary/aromatic N) is 6. The van der Waals surface area contributed by atoms with Crippen LogP contribution in [0.15, 0.2) is 22.2 Å². The third-order valence-electron chi connectivity index (χ3n) is 4.95. The van der Waals surface area contributed by atoms with E-state index < -0.39 is 0 Å². The molecule has 7 heteroatoms. The Morgan fingerprint density at radius 3 is 2.50 bits per heavy atom. The largest absolute Gasteiger partial charge is 0.366 e. The fourth-order valence-corrected chi connectivity index (χ4v) is 3.07. The Balaban J connectivity index is 2.75. The number of nitrogens with one attached hydrogen (secondary N) is 1. The molecule has 160 valence electrons. The molecule has 0 amide bonds. The summed E-state index contributed by atoms with van der Waals surface area (Å²) < 4.78 is 1.99. The SMILES string of the molecule is CCC(/C=N\N(C)C)Cn1nc(NC(C)CCCN(CC)CC)ccc1=NC. The zero-order chi connectivity index (χ0) is 20.9. The maximum atomic E-state index is 4.80. The standard InChI is InChI=1S/C21H41N7/c1-8-19(16-23-26(6)7)17-28-21(22-5)14-13-20(25-28)24-18(4)12-11-15-27(9-2)10-3/h13-14,16,18-19H,8-12,15,17H2,1-7H3,(H,24,25)/b22-21?,23-16-. The molecule has 0 aromatic carbocycles. The van der Waals surface area contributed by atoms with Gasteiger partial charge in [0, 0.05) is 39.3 Å². The monoisotopic (exact) mass is 391 g/mol. The van der Waals surface area contributed by atoms with E-state index in [-0.39, 0.29) is 0 Å². The first-order chi connectivity index (χ1) is 13.4. The van der Waals surface area contributed by atoms with Crippen molar-refractivity contribution in [2.24, 2.45) is 16.0 Å². The van der Waals surface area contributed by atoms with Crippen molar-refractivity contribution in [2.45, 2.75) is 59.5 Å². The molecular formula is C21H41N7. The predicted octanol–water partition coefficient (Wildman–Crippen LogP) is 2.91. The van der Waals surface area contributed by atoms with Crippen molar-refractivity contribution >= 4 is 12.0 Å².